The van der Waals surface area contributed by atoms with E-state index in [1.165, 1.54) is 32.0 Å². The first kappa shape index (κ1) is 16.5. The predicted octanol–water partition coefficient (Wildman–Crippen LogP) is 5.73. The van der Waals surface area contributed by atoms with Crippen LogP contribution in [0.5, 0.6) is 0 Å². The van der Waals surface area contributed by atoms with Crippen molar-refractivity contribution in [2.75, 3.05) is 5.75 Å². The molecule has 0 bridgehead atoms. The summed E-state index contributed by atoms with van der Waals surface area (Å²) in [4.78, 5) is 14.9. The standard InChI is InChI=1S/C17H18OS3/c1-3-19-15-8-10-16(11-9-15)21-17-7-5-4-6-14(17)12-20-13(2)18/h4-11H,3,12H2,1-2H3. The molecule has 0 aliphatic heterocycles. The fourth-order valence-corrected chi connectivity index (χ4v) is 4.11. The SMILES string of the molecule is CCSc1ccc(Sc2ccccc2CSC(C)=O)cc1. The van der Waals surface area contributed by atoms with Crippen LogP contribution in [0.15, 0.2) is 63.2 Å². The van der Waals surface area contributed by atoms with E-state index in [0.29, 0.717) is 0 Å². The average Bonchev–Trinajstić information content (AvgIpc) is 2.48. The molecule has 0 spiro atoms. The maximum Gasteiger partial charge on any atom is 0.186 e. The van der Waals surface area contributed by atoms with E-state index in [1.54, 1.807) is 18.7 Å². The van der Waals surface area contributed by atoms with E-state index < -0.39 is 0 Å². The van der Waals surface area contributed by atoms with Gasteiger partial charge in [-0.25, -0.2) is 0 Å². The van der Waals surface area contributed by atoms with E-state index in [4.69, 9.17) is 0 Å². The molecule has 0 saturated carbocycles. The molecule has 2 rings (SSSR count). The highest BCUT2D eigenvalue weighted by Crippen LogP contribution is 2.33. The van der Waals surface area contributed by atoms with Gasteiger partial charge in [0.05, 0.1) is 0 Å². The Bertz CT molecular complexity index is 593. The smallest absolute Gasteiger partial charge is 0.186 e. The largest absolute Gasteiger partial charge is 0.288 e. The molecule has 0 radical (unpaired) electrons. The Labute approximate surface area is 139 Å². The summed E-state index contributed by atoms with van der Waals surface area (Å²) in [5.74, 6) is 1.83. The lowest BCUT2D eigenvalue weighted by molar-refractivity contribution is -0.109. The maximum atomic E-state index is 11.1. The lowest BCUT2D eigenvalue weighted by Crippen LogP contribution is -1.88. The van der Waals surface area contributed by atoms with Gasteiger partial charge in [0.1, 0.15) is 0 Å². The molecule has 0 N–H and O–H groups in total. The van der Waals surface area contributed by atoms with Crippen LogP contribution in [-0.4, -0.2) is 10.9 Å². The number of benzene rings is 2. The lowest BCUT2D eigenvalue weighted by atomic mass is 10.2. The molecule has 1 nitrogen and oxygen atoms in total. The molecule has 2 aromatic rings. The van der Waals surface area contributed by atoms with Gasteiger partial charge >= 0.3 is 0 Å². The van der Waals surface area contributed by atoms with Crippen molar-refractivity contribution in [2.24, 2.45) is 0 Å². The third-order valence-corrected chi connectivity index (χ3v) is 5.65. The van der Waals surface area contributed by atoms with E-state index in [1.807, 2.05) is 23.9 Å². The number of hydrogen-bond donors (Lipinski definition) is 0. The second-order valence-corrected chi connectivity index (χ2v) is 8.00. The summed E-state index contributed by atoms with van der Waals surface area (Å²) in [5.41, 5.74) is 1.22. The molecule has 4 heteroatoms. The van der Waals surface area contributed by atoms with E-state index in [-0.39, 0.29) is 5.12 Å². The van der Waals surface area contributed by atoms with Crippen molar-refractivity contribution in [3.8, 4) is 0 Å². The van der Waals surface area contributed by atoms with Crippen molar-refractivity contribution in [2.45, 2.75) is 34.3 Å². The molecule has 0 aromatic heterocycles. The van der Waals surface area contributed by atoms with Gasteiger partial charge in [-0.2, -0.15) is 0 Å². The lowest BCUT2D eigenvalue weighted by Gasteiger charge is -2.08. The molecule has 0 fully saturated rings. The van der Waals surface area contributed by atoms with Crippen LogP contribution in [0.4, 0.5) is 0 Å². The van der Waals surface area contributed by atoms with E-state index in [9.17, 15) is 4.79 Å². The fourth-order valence-electron chi connectivity index (χ4n) is 1.80. The molecular weight excluding hydrogens is 316 g/mol. The second kappa shape index (κ2) is 8.57. The van der Waals surface area contributed by atoms with Crippen LogP contribution >= 0.6 is 35.3 Å². The van der Waals surface area contributed by atoms with Crippen LogP contribution in [0.25, 0.3) is 0 Å². The first-order chi connectivity index (χ1) is 10.2. The van der Waals surface area contributed by atoms with Crippen LogP contribution in [0.3, 0.4) is 0 Å². The van der Waals surface area contributed by atoms with Gasteiger partial charge in [0.25, 0.3) is 0 Å². The van der Waals surface area contributed by atoms with Gasteiger partial charge in [-0.1, -0.05) is 48.6 Å². The van der Waals surface area contributed by atoms with E-state index in [2.05, 4.69) is 43.3 Å². The monoisotopic (exact) mass is 334 g/mol. The van der Waals surface area contributed by atoms with Crippen molar-refractivity contribution < 1.29 is 4.79 Å². The van der Waals surface area contributed by atoms with Gasteiger partial charge in [-0.3, -0.25) is 4.79 Å². The zero-order chi connectivity index (χ0) is 15.1. The van der Waals surface area contributed by atoms with Gasteiger partial charge in [-0.15, -0.1) is 11.8 Å². The fraction of sp³-hybridized carbons (Fsp3) is 0.235. The minimum atomic E-state index is 0.163. The van der Waals surface area contributed by atoms with Crippen molar-refractivity contribution in [1.29, 1.82) is 0 Å². The predicted molar refractivity (Wildman–Crippen MR) is 95.4 cm³/mol. The summed E-state index contributed by atoms with van der Waals surface area (Å²) in [6, 6.07) is 17.0. The molecule has 110 valence electrons. The first-order valence-electron chi connectivity index (χ1n) is 6.81. The third kappa shape index (κ3) is 5.46. The number of thioether (sulfide) groups is 2. The molecule has 0 saturated heterocycles. The van der Waals surface area contributed by atoms with Crippen molar-refractivity contribution in [3.63, 3.8) is 0 Å². The minimum Gasteiger partial charge on any atom is -0.288 e. The quantitative estimate of drug-likeness (QED) is 0.627. The Hall–Kier alpha value is -0.840. The number of carbonyl (C=O) groups is 1. The molecule has 0 atom stereocenters. The summed E-state index contributed by atoms with van der Waals surface area (Å²) in [5, 5.41) is 0.163. The topological polar surface area (TPSA) is 17.1 Å². The van der Waals surface area contributed by atoms with Gasteiger partial charge in [-0.05, 0) is 41.6 Å². The third-order valence-electron chi connectivity index (χ3n) is 2.77. The molecule has 0 unspecified atom stereocenters. The number of hydrogen-bond acceptors (Lipinski definition) is 4. The highest BCUT2D eigenvalue weighted by atomic mass is 32.2. The van der Waals surface area contributed by atoms with Crippen molar-refractivity contribution in [1.82, 2.24) is 0 Å². The van der Waals surface area contributed by atoms with Crippen LogP contribution in [0.2, 0.25) is 0 Å². The first-order valence-corrected chi connectivity index (χ1v) is 9.60. The Balaban J connectivity index is 2.09. The summed E-state index contributed by atoms with van der Waals surface area (Å²) < 4.78 is 0. The van der Waals surface area contributed by atoms with E-state index >= 15 is 0 Å². The zero-order valence-electron chi connectivity index (χ0n) is 12.2. The second-order valence-electron chi connectivity index (χ2n) is 4.39. The molecule has 21 heavy (non-hydrogen) atoms. The number of rotatable bonds is 6. The Kier molecular flexibility index (Phi) is 6.74. The molecule has 0 aliphatic rings. The van der Waals surface area contributed by atoms with Gasteiger partial charge in [0.15, 0.2) is 5.12 Å². The van der Waals surface area contributed by atoms with Crippen LogP contribution in [0.1, 0.15) is 19.4 Å². The summed E-state index contributed by atoms with van der Waals surface area (Å²) in [6.45, 7) is 3.78. The van der Waals surface area contributed by atoms with Crippen molar-refractivity contribution in [3.05, 3.63) is 54.1 Å². The summed E-state index contributed by atoms with van der Waals surface area (Å²) in [6.07, 6.45) is 0. The minimum absolute atomic E-state index is 0.163. The molecule has 2 aromatic carbocycles. The Morgan fingerprint density at radius 2 is 1.67 bits per heavy atom. The van der Waals surface area contributed by atoms with Crippen LogP contribution in [0, 0.1) is 0 Å². The number of carbonyl (C=O) groups excluding carboxylic acids is 1. The Morgan fingerprint density at radius 1 is 1.00 bits per heavy atom. The highest BCUT2D eigenvalue weighted by Gasteiger charge is 2.06. The van der Waals surface area contributed by atoms with Crippen molar-refractivity contribution >= 4 is 40.4 Å². The molecule has 0 amide bonds. The maximum absolute atomic E-state index is 11.1. The normalized spacial score (nSPS) is 10.6. The summed E-state index contributed by atoms with van der Waals surface area (Å²) in [7, 11) is 0. The van der Waals surface area contributed by atoms with Gasteiger partial charge in [0.2, 0.25) is 0 Å². The van der Waals surface area contributed by atoms with Crippen LogP contribution in [-0.2, 0) is 10.5 Å². The Morgan fingerprint density at radius 3 is 2.33 bits per heavy atom. The van der Waals surface area contributed by atoms with Gasteiger partial charge in [0, 0.05) is 27.4 Å². The van der Waals surface area contributed by atoms with Crippen LogP contribution < -0.4 is 0 Å². The average molecular weight is 335 g/mol. The summed E-state index contributed by atoms with van der Waals surface area (Å²) >= 11 is 4.98. The molecule has 0 heterocycles. The molecule has 0 aliphatic carbocycles. The zero-order valence-corrected chi connectivity index (χ0v) is 14.6. The van der Waals surface area contributed by atoms with E-state index in [0.717, 1.165) is 11.5 Å². The highest BCUT2D eigenvalue weighted by molar-refractivity contribution is 8.12. The van der Waals surface area contributed by atoms with Gasteiger partial charge < -0.3 is 0 Å². The molecular formula is C17H18OS3.